The van der Waals surface area contributed by atoms with E-state index in [0.29, 0.717) is 28.2 Å². The maximum atomic E-state index is 6.27. The van der Waals surface area contributed by atoms with Crippen LogP contribution in [-0.2, 0) is 0 Å². The van der Waals surface area contributed by atoms with Gasteiger partial charge < -0.3 is 14.2 Å². The molecule has 0 amide bonds. The first-order valence-corrected chi connectivity index (χ1v) is 6.35. The molecule has 1 heterocycles. The van der Waals surface area contributed by atoms with Crippen LogP contribution in [0.15, 0.2) is 12.1 Å². The van der Waals surface area contributed by atoms with Crippen molar-refractivity contribution in [2.75, 3.05) is 14.2 Å². The van der Waals surface area contributed by atoms with E-state index >= 15 is 0 Å². The van der Waals surface area contributed by atoms with Crippen LogP contribution < -0.4 is 14.2 Å². The molecule has 5 nitrogen and oxygen atoms in total. The highest BCUT2D eigenvalue weighted by molar-refractivity contribution is 6.36. The normalized spacial score (nSPS) is 14.5. The molecule has 1 aromatic carbocycles. The van der Waals surface area contributed by atoms with E-state index in [1.807, 2.05) is 6.07 Å². The summed E-state index contributed by atoms with van der Waals surface area (Å²) in [4.78, 5) is 8.59. The second-order valence-corrected chi connectivity index (χ2v) is 4.69. The van der Waals surface area contributed by atoms with Gasteiger partial charge in [-0.15, -0.1) is 0 Å². The fourth-order valence-electron chi connectivity index (χ4n) is 1.80. The van der Waals surface area contributed by atoms with E-state index < -0.39 is 0 Å². The van der Waals surface area contributed by atoms with Crippen molar-refractivity contribution in [3.8, 4) is 17.6 Å². The number of fused-ring (bicyclic) bond motifs is 1. The van der Waals surface area contributed by atoms with Crippen LogP contribution in [0.1, 0.15) is 12.8 Å². The van der Waals surface area contributed by atoms with Crippen molar-refractivity contribution in [1.82, 2.24) is 9.97 Å². The fourth-order valence-corrected chi connectivity index (χ4v) is 2.08. The van der Waals surface area contributed by atoms with Crippen LogP contribution in [0.2, 0.25) is 5.02 Å². The van der Waals surface area contributed by atoms with Gasteiger partial charge >= 0.3 is 6.01 Å². The molecule has 1 aliphatic carbocycles. The first-order valence-electron chi connectivity index (χ1n) is 5.98. The topological polar surface area (TPSA) is 53.5 Å². The summed E-state index contributed by atoms with van der Waals surface area (Å²) in [5.74, 6) is 1.01. The second-order valence-electron chi connectivity index (χ2n) is 4.31. The van der Waals surface area contributed by atoms with E-state index in [-0.39, 0.29) is 6.10 Å². The van der Waals surface area contributed by atoms with Crippen molar-refractivity contribution >= 4 is 22.5 Å². The average Bonchev–Trinajstić information content (AvgIpc) is 3.23. The zero-order chi connectivity index (χ0) is 13.4. The van der Waals surface area contributed by atoms with Crippen LogP contribution in [0, 0.1) is 0 Å². The number of nitrogens with zero attached hydrogens (tertiary/aromatic N) is 2. The summed E-state index contributed by atoms with van der Waals surface area (Å²) in [6.45, 7) is 0. The summed E-state index contributed by atoms with van der Waals surface area (Å²) < 4.78 is 16.1. The Morgan fingerprint density at radius 2 is 1.95 bits per heavy atom. The predicted octanol–water partition coefficient (Wildman–Crippen LogP) is 2.84. The Morgan fingerprint density at radius 3 is 2.58 bits per heavy atom. The molecule has 0 aliphatic heterocycles. The summed E-state index contributed by atoms with van der Waals surface area (Å²) in [5.41, 5.74) is 0.573. The number of rotatable bonds is 4. The highest BCUT2D eigenvalue weighted by Crippen LogP contribution is 2.36. The number of methoxy groups -OCH3 is 2. The lowest BCUT2D eigenvalue weighted by atomic mass is 10.2. The van der Waals surface area contributed by atoms with E-state index in [4.69, 9.17) is 25.8 Å². The van der Waals surface area contributed by atoms with E-state index in [9.17, 15) is 0 Å². The number of aromatic nitrogens is 2. The first-order chi connectivity index (χ1) is 9.22. The molecule has 100 valence electrons. The molecule has 0 saturated heterocycles. The highest BCUT2D eigenvalue weighted by Gasteiger charge is 2.25. The molecule has 0 spiro atoms. The molecule has 0 radical (unpaired) electrons. The molecule has 1 saturated carbocycles. The van der Waals surface area contributed by atoms with E-state index in [1.54, 1.807) is 20.3 Å². The van der Waals surface area contributed by atoms with Crippen molar-refractivity contribution < 1.29 is 14.2 Å². The predicted molar refractivity (Wildman–Crippen MR) is 71.3 cm³/mol. The largest absolute Gasteiger partial charge is 0.495 e. The van der Waals surface area contributed by atoms with Crippen molar-refractivity contribution in [1.29, 1.82) is 0 Å². The molecule has 1 aromatic heterocycles. The summed E-state index contributed by atoms with van der Waals surface area (Å²) in [6, 6.07) is 3.87. The molecule has 0 atom stereocenters. The Morgan fingerprint density at radius 1 is 1.16 bits per heavy atom. The van der Waals surface area contributed by atoms with Gasteiger partial charge in [0.1, 0.15) is 22.4 Å². The number of hydrogen-bond donors (Lipinski definition) is 0. The summed E-state index contributed by atoms with van der Waals surface area (Å²) >= 11 is 6.27. The van der Waals surface area contributed by atoms with Crippen molar-refractivity contribution in [2.45, 2.75) is 18.9 Å². The van der Waals surface area contributed by atoms with Crippen LogP contribution in [0.3, 0.4) is 0 Å². The molecule has 6 heteroatoms. The van der Waals surface area contributed by atoms with E-state index in [0.717, 1.165) is 18.2 Å². The van der Waals surface area contributed by atoms with Crippen molar-refractivity contribution in [3.63, 3.8) is 0 Å². The van der Waals surface area contributed by atoms with E-state index in [2.05, 4.69) is 9.97 Å². The van der Waals surface area contributed by atoms with Crippen LogP contribution in [0.4, 0.5) is 0 Å². The number of hydrogen-bond acceptors (Lipinski definition) is 5. The average molecular weight is 281 g/mol. The second kappa shape index (κ2) is 4.74. The standard InChI is InChI=1S/C13H13ClN2O3/c1-17-9-6-5-8-11(10(9)14)15-13(16-12(8)18-2)19-7-3-4-7/h5-7H,3-4H2,1-2H3. The van der Waals surface area contributed by atoms with Gasteiger partial charge in [0.25, 0.3) is 0 Å². The Kier molecular flexibility index (Phi) is 3.06. The van der Waals surface area contributed by atoms with Gasteiger partial charge in [-0.3, -0.25) is 0 Å². The van der Waals surface area contributed by atoms with Gasteiger partial charge in [-0.2, -0.15) is 9.97 Å². The fraction of sp³-hybridized carbons (Fsp3) is 0.385. The van der Waals surface area contributed by atoms with Crippen molar-refractivity contribution in [3.05, 3.63) is 17.2 Å². The zero-order valence-electron chi connectivity index (χ0n) is 10.6. The van der Waals surface area contributed by atoms with Gasteiger partial charge in [-0.1, -0.05) is 11.6 Å². The summed E-state index contributed by atoms with van der Waals surface area (Å²) in [7, 11) is 3.12. The number of benzene rings is 1. The minimum absolute atomic E-state index is 0.214. The lowest BCUT2D eigenvalue weighted by Gasteiger charge is -2.10. The SMILES string of the molecule is COc1ccc2c(OC)nc(OC3CC3)nc2c1Cl. The lowest BCUT2D eigenvalue weighted by Crippen LogP contribution is -2.03. The van der Waals surface area contributed by atoms with Gasteiger partial charge in [0.2, 0.25) is 5.88 Å². The molecule has 1 aliphatic rings. The maximum Gasteiger partial charge on any atom is 0.320 e. The minimum atomic E-state index is 0.214. The van der Waals surface area contributed by atoms with Crippen LogP contribution >= 0.6 is 11.6 Å². The minimum Gasteiger partial charge on any atom is -0.495 e. The maximum absolute atomic E-state index is 6.27. The first kappa shape index (κ1) is 12.3. The monoisotopic (exact) mass is 280 g/mol. The number of ether oxygens (including phenoxy) is 3. The molecule has 19 heavy (non-hydrogen) atoms. The van der Waals surface area contributed by atoms with Crippen LogP contribution in [-0.4, -0.2) is 30.3 Å². The molecular weight excluding hydrogens is 268 g/mol. The summed E-state index contributed by atoms with van der Waals surface area (Å²) in [5, 5.41) is 1.16. The Balaban J connectivity index is 2.17. The van der Waals surface area contributed by atoms with Gasteiger partial charge in [-0.25, -0.2) is 0 Å². The third-order valence-electron chi connectivity index (χ3n) is 2.93. The smallest absolute Gasteiger partial charge is 0.320 e. The Labute approximate surface area is 115 Å². The summed E-state index contributed by atoms with van der Waals surface area (Å²) in [6.07, 6.45) is 2.29. The number of halogens is 1. The third-order valence-corrected chi connectivity index (χ3v) is 3.29. The Hall–Kier alpha value is -1.75. The quantitative estimate of drug-likeness (QED) is 0.862. The third kappa shape index (κ3) is 2.26. The van der Waals surface area contributed by atoms with Gasteiger partial charge in [-0.05, 0) is 25.0 Å². The van der Waals surface area contributed by atoms with Gasteiger partial charge in [0.05, 0.1) is 19.6 Å². The zero-order valence-corrected chi connectivity index (χ0v) is 11.4. The molecular formula is C13H13ClN2O3. The van der Waals surface area contributed by atoms with Gasteiger partial charge in [0, 0.05) is 0 Å². The van der Waals surface area contributed by atoms with Gasteiger partial charge in [0.15, 0.2) is 0 Å². The molecule has 2 aromatic rings. The molecule has 0 unspecified atom stereocenters. The highest BCUT2D eigenvalue weighted by atomic mass is 35.5. The van der Waals surface area contributed by atoms with Crippen LogP contribution in [0.25, 0.3) is 10.9 Å². The van der Waals surface area contributed by atoms with Crippen LogP contribution in [0.5, 0.6) is 17.6 Å². The molecule has 1 fully saturated rings. The Bertz CT molecular complexity index is 629. The molecule has 3 rings (SSSR count). The van der Waals surface area contributed by atoms with Crippen molar-refractivity contribution in [2.24, 2.45) is 0 Å². The molecule has 0 N–H and O–H groups in total. The lowest BCUT2D eigenvalue weighted by molar-refractivity contribution is 0.273. The molecule has 0 bridgehead atoms. The van der Waals surface area contributed by atoms with E-state index in [1.165, 1.54) is 0 Å².